The summed E-state index contributed by atoms with van der Waals surface area (Å²) in [6, 6.07) is 9.81. The fourth-order valence-corrected chi connectivity index (χ4v) is 3.41. The van der Waals surface area contributed by atoms with Gasteiger partial charge in [-0.2, -0.15) is 0 Å². The van der Waals surface area contributed by atoms with E-state index in [-0.39, 0.29) is 5.91 Å². The molecular formula is C19H24BrN3O2. The van der Waals surface area contributed by atoms with E-state index in [0.717, 1.165) is 36.1 Å². The normalized spacial score (nSPS) is 15.7. The molecule has 1 saturated heterocycles. The van der Waals surface area contributed by atoms with E-state index in [2.05, 4.69) is 21.0 Å². The maximum atomic E-state index is 12.9. The number of likely N-dealkylation sites (tertiary alicyclic amines) is 1. The van der Waals surface area contributed by atoms with Crippen molar-refractivity contribution in [3.63, 3.8) is 0 Å². The maximum absolute atomic E-state index is 12.9. The van der Waals surface area contributed by atoms with E-state index in [4.69, 9.17) is 4.74 Å². The van der Waals surface area contributed by atoms with E-state index in [1.807, 2.05) is 55.3 Å². The van der Waals surface area contributed by atoms with Crippen molar-refractivity contribution in [2.75, 3.05) is 13.1 Å². The summed E-state index contributed by atoms with van der Waals surface area (Å²) in [6.45, 7) is 5.25. The molecule has 0 N–H and O–H groups in total. The van der Waals surface area contributed by atoms with Gasteiger partial charge in [0.15, 0.2) is 5.60 Å². The number of rotatable bonds is 4. The average molecular weight is 406 g/mol. The molecule has 1 fully saturated rings. The molecule has 0 aliphatic carbocycles. The molecule has 1 aliphatic heterocycles. The Morgan fingerprint density at radius 2 is 1.76 bits per heavy atom. The second-order valence-corrected chi connectivity index (χ2v) is 7.74. The minimum absolute atomic E-state index is 0.0237. The number of aromatic nitrogens is 2. The van der Waals surface area contributed by atoms with Gasteiger partial charge >= 0.3 is 0 Å². The molecule has 25 heavy (non-hydrogen) atoms. The quantitative estimate of drug-likeness (QED) is 0.765. The Labute approximate surface area is 157 Å². The molecule has 134 valence electrons. The summed E-state index contributed by atoms with van der Waals surface area (Å²) >= 11 is 3.49. The molecule has 1 amide bonds. The lowest BCUT2D eigenvalue weighted by Crippen LogP contribution is -2.49. The number of halogens is 1. The van der Waals surface area contributed by atoms with E-state index in [0.29, 0.717) is 5.88 Å². The molecule has 0 radical (unpaired) electrons. The summed E-state index contributed by atoms with van der Waals surface area (Å²) < 4.78 is 8.49. The van der Waals surface area contributed by atoms with Crippen LogP contribution in [-0.4, -0.2) is 39.3 Å². The van der Waals surface area contributed by atoms with Crippen LogP contribution in [0.15, 0.2) is 41.0 Å². The molecule has 1 aliphatic rings. The van der Waals surface area contributed by atoms with Gasteiger partial charge in [0, 0.05) is 19.3 Å². The van der Waals surface area contributed by atoms with Crippen LogP contribution in [0.1, 0.15) is 39.5 Å². The average Bonchev–Trinajstić information content (AvgIpc) is 2.80. The van der Waals surface area contributed by atoms with Crippen molar-refractivity contribution in [2.45, 2.75) is 45.1 Å². The van der Waals surface area contributed by atoms with E-state index in [9.17, 15) is 4.79 Å². The summed E-state index contributed by atoms with van der Waals surface area (Å²) in [4.78, 5) is 14.8. The lowest BCUT2D eigenvalue weighted by Gasteiger charge is -2.31. The fraction of sp³-hybridized carbons (Fsp3) is 0.474. The number of carbonyl (C=O) groups excluding carboxylic acids is 1. The number of nitrogens with zero attached hydrogens (tertiary/aromatic N) is 3. The second kappa shape index (κ2) is 7.60. The molecule has 0 atom stereocenters. The summed E-state index contributed by atoms with van der Waals surface area (Å²) in [5.74, 6) is 0.451. The van der Waals surface area contributed by atoms with Gasteiger partial charge in [0.05, 0.1) is 10.2 Å². The van der Waals surface area contributed by atoms with Crippen LogP contribution in [-0.2, 0) is 4.79 Å². The Morgan fingerprint density at radius 3 is 2.40 bits per heavy atom. The van der Waals surface area contributed by atoms with E-state index in [1.165, 1.54) is 12.8 Å². The van der Waals surface area contributed by atoms with Crippen molar-refractivity contribution in [3.05, 3.63) is 41.0 Å². The molecule has 3 rings (SSSR count). The van der Waals surface area contributed by atoms with Crippen molar-refractivity contribution >= 4 is 21.8 Å². The van der Waals surface area contributed by atoms with Crippen molar-refractivity contribution in [1.82, 2.24) is 14.7 Å². The van der Waals surface area contributed by atoms with Crippen LogP contribution < -0.4 is 4.74 Å². The summed E-state index contributed by atoms with van der Waals surface area (Å²) in [5.41, 5.74) is -0.0161. The summed E-state index contributed by atoms with van der Waals surface area (Å²) in [6.07, 6.45) is 6.36. The Hall–Kier alpha value is -1.82. The highest BCUT2D eigenvalue weighted by Crippen LogP contribution is 2.29. The zero-order chi connectivity index (χ0) is 17.9. The molecule has 0 spiro atoms. The number of amides is 1. The Kier molecular flexibility index (Phi) is 5.47. The van der Waals surface area contributed by atoms with Crippen LogP contribution in [0, 0.1) is 0 Å². The number of carbonyl (C=O) groups is 1. The van der Waals surface area contributed by atoms with E-state index in [1.54, 1.807) is 4.68 Å². The smallest absolute Gasteiger partial charge is 0.266 e. The predicted molar refractivity (Wildman–Crippen MR) is 101 cm³/mol. The predicted octanol–water partition coefficient (Wildman–Crippen LogP) is 4.19. The third kappa shape index (κ3) is 4.24. The first-order valence-electron chi connectivity index (χ1n) is 8.76. The number of ether oxygens (including phenoxy) is 1. The number of hydrogen-bond acceptors (Lipinski definition) is 3. The lowest BCUT2D eigenvalue weighted by atomic mass is 10.1. The van der Waals surface area contributed by atoms with Gasteiger partial charge in [-0.1, -0.05) is 31.0 Å². The van der Waals surface area contributed by atoms with Crippen LogP contribution in [0.3, 0.4) is 0 Å². The monoisotopic (exact) mass is 405 g/mol. The highest BCUT2D eigenvalue weighted by molar-refractivity contribution is 9.10. The van der Waals surface area contributed by atoms with Gasteiger partial charge in [-0.15, -0.1) is 5.10 Å². The zero-order valence-electron chi connectivity index (χ0n) is 14.7. The number of para-hydroxylation sites is 1. The van der Waals surface area contributed by atoms with Crippen LogP contribution in [0.25, 0.3) is 5.69 Å². The molecule has 6 heteroatoms. The molecule has 0 saturated carbocycles. The zero-order valence-corrected chi connectivity index (χ0v) is 16.3. The number of benzene rings is 1. The molecule has 2 aromatic rings. The third-order valence-corrected chi connectivity index (χ3v) is 4.96. The van der Waals surface area contributed by atoms with Gasteiger partial charge in [0.25, 0.3) is 5.91 Å². The standard InChI is InChI=1S/C19H24BrN3O2/c1-19(2,18(24)22-12-8-3-4-9-13-22)25-17-16(20)14-23(21-17)15-10-6-5-7-11-15/h5-7,10-11,14H,3-4,8-9,12-13H2,1-2H3. The highest BCUT2D eigenvalue weighted by Gasteiger charge is 2.35. The third-order valence-electron chi connectivity index (χ3n) is 4.42. The largest absolute Gasteiger partial charge is 0.460 e. The minimum atomic E-state index is -0.956. The van der Waals surface area contributed by atoms with Crippen molar-refractivity contribution in [2.24, 2.45) is 0 Å². The minimum Gasteiger partial charge on any atom is -0.460 e. The van der Waals surface area contributed by atoms with Gasteiger partial charge < -0.3 is 9.64 Å². The Bertz CT molecular complexity index is 720. The van der Waals surface area contributed by atoms with Gasteiger partial charge in [0.2, 0.25) is 5.88 Å². The van der Waals surface area contributed by atoms with Crippen LogP contribution in [0.4, 0.5) is 0 Å². The first kappa shape index (κ1) is 18.0. The SMILES string of the molecule is CC(C)(Oc1nn(-c2ccccc2)cc1Br)C(=O)N1CCCCCC1. The van der Waals surface area contributed by atoms with E-state index < -0.39 is 5.60 Å². The molecular weight excluding hydrogens is 382 g/mol. The highest BCUT2D eigenvalue weighted by atomic mass is 79.9. The van der Waals surface area contributed by atoms with Crippen LogP contribution in [0.2, 0.25) is 0 Å². The maximum Gasteiger partial charge on any atom is 0.266 e. The topological polar surface area (TPSA) is 47.4 Å². The van der Waals surface area contributed by atoms with Gasteiger partial charge in [-0.05, 0) is 54.8 Å². The van der Waals surface area contributed by atoms with Gasteiger partial charge in [-0.25, -0.2) is 4.68 Å². The Balaban J connectivity index is 1.76. The van der Waals surface area contributed by atoms with Crippen LogP contribution in [0.5, 0.6) is 5.88 Å². The van der Waals surface area contributed by atoms with Crippen molar-refractivity contribution in [3.8, 4) is 11.6 Å². The number of hydrogen-bond donors (Lipinski definition) is 0. The summed E-state index contributed by atoms with van der Waals surface area (Å²) in [7, 11) is 0. The molecule has 5 nitrogen and oxygen atoms in total. The molecule has 0 unspecified atom stereocenters. The molecule has 2 heterocycles. The van der Waals surface area contributed by atoms with Gasteiger partial charge in [0.1, 0.15) is 0 Å². The lowest BCUT2D eigenvalue weighted by molar-refractivity contribution is -0.145. The molecule has 1 aromatic carbocycles. The first-order valence-corrected chi connectivity index (χ1v) is 9.56. The second-order valence-electron chi connectivity index (χ2n) is 6.88. The van der Waals surface area contributed by atoms with Crippen LogP contribution >= 0.6 is 15.9 Å². The molecule has 1 aromatic heterocycles. The summed E-state index contributed by atoms with van der Waals surface area (Å²) in [5, 5.41) is 4.49. The van der Waals surface area contributed by atoms with Gasteiger partial charge in [-0.3, -0.25) is 4.79 Å². The molecule has 0 bridgehead atoms. The Morgan fingerprint density at radius 1 is 1.12 bits per heavy atom. The first-order chi connectivity index (χ1) is 12.0. The van der Waals surface area contributed by atoms with Crippen molar-refractivity contribution < 1.29 is 9.53 Å². The van der Waals surface area contributed by atoms with E-state index >= 15 is 0 Å². The van der Waals surface area contributed by atoms with Crippen molar-refractivity contribution in [1.29, 1.82) is 0 Å². The fourth-order valence-electron chi connectivity index (χ4n) is 3.06.